The minimum absolute atomic E-state index is 0.0950. The van der Waals surface area contributed by atoms with Crippen LogP contribution in [0.4, 0.5) is 0 Å². The van der Waals surface area contributed by atoms with Gasteiger partial charge in [0.2, 0.25) is 5.91 Å². The summed E-state index contributed by atoms with van der Waals surface area (Å²) in [6, 6.07) is 3.39. The number of carbonyl (C=O) groups excluding carboxylic acids is 1. The normalized spacial score (nSPS) is 15.8. The highest BCUT2D eigenvalue weighted by atomic mass is 32.1. The maximum Gasteiger partial charge on any atom is 0.272 e. The molecule has 25 heavy (non-hydrogen) atoms. The van der Waals surface area contributed by atoms with Crippen LogP contribution in [0.5, 0.6) is 0 Å². The van der Waals surface area contributed by atoms with Crippen LogP contribution in [0.3, 0.4) is 0 Å². The third-order valence-electron chi connectivity index (χ3n) is 4.67. The number of aryl methyl sites for hydroxylation is 1. The van der Waals surface area contributed by atoms with Crippen molar-refractivity contribution in [2.24, 2.45) is 0 Å². The van der Waals surface area contributed by atoms with Gasteiger partial charge in [-0.25, -0.2) is 14.5 Å². The van der Waals surface area contributed by atoms with Gasteiger partial charge in [0.15, 0.2) is 5.65 Å². The van der Waals surface area contributed by atoms with Crippen molar-refractivity contribution in [1.29, 1.82) is 0 Å². The van der Waals surface area contributed by atoms with Gasteiger partial charge < -0.3 is 4.90 Å². The molecule has 0 atom stereocenters. The van der Waals surface area contributed by atoms with E-state index in [1.54, 1.807) is 29.7 Å². The van der Waals surface area contributed by atoms with E-state index in [-0.39, 0.29) is 17.4 Å². The summed E-state index contributed by atoms with van der Waals surface area (Å²) in [6.07, 6.45) is 3.72. The van der Waals surface area contributed by atoms with Crippen LogP contribution in [0.1, 0.15) is 35.2 Å². The Hall–Kier alpha value is -2.48. The Morgan fingerprint density at radius 3 is 2.88 bits per heavy atom. The minimum Gasteiger partial charge on any atom is -0.342 e. The lowest BCUT2D eigenvalue weighted by molar-refractivity contribution is -0.131. The third kappa shape index (κ3) is 3.21. The second-order valence-corrected chi connectivity index (χ2v) is 7.43. The summed E-state index contributed by atoms with van der Waals surface area (Å²) in [5.41, 5.74) is 2.22. The zero-order chi connectivity index (χ0) is 17.4. The molecule has 1 amide bonds. The summed E-state index contributed by atoms with van der Waals surface area (Å²) in [6.45, 7) is 3.34. The predicted octanol–water partition coefficient (Wildman–Crippen LogP) is 1.74. The molecule has 4 rings (SSSR count). The molecule has 0 aliphatic carbocycles. The molecule has 0 bridgehead atoms. The predicted molar refractivity (Wildman–Crippen MR) is 94.9 cm³/mol. The Balaban J connectivity index is 1.42. The van der Waals surface area contributed by atoms with Gasteiger partial charge in [-0.1, -0.05) is 0 Å². The van der Waals surface area contributed by atoms with Crippen molar-refractivity contribution in [1.82, 2.24) is 24.5 Å². The molecule has 1 aliphatic rings. The average molecular weight is 357 g/mol. The Morgan fingerprint density at radius 1 is 1.36 bits per heavy atom. The molecule has 3 aromatic rings. The number of amides is 1. The summed E-state index contributed by atoms with van der Waals surface area (Å²) >= 11 is 1.57. The highest BCUT2D eigenvalue weighted by Gasteiger charge is 2.25. The Morgan fingerprint density at radius 2 is 2.16 bits per heavy atom. The zero-order valence-electron chi connectivity index (χ0n) is 13.9. The lowest BCUT2D eigenvalue weighted by Gasteiger charge is -2.31. The van der Waals surface area contributed by atoms with Crippen molar-refractivity contribution in [3.8, 4) is 0 Å². The number of hydrogen-bond acceptors (Lipinski definition) is 5. The van der Waals surface area contributed by atoms with Gasteiger partial charge in [-0.3, -0.25) is 14.7 Å². The first-order valence-electron chi connectivity index (χ1n) is 8.36. The van der Waals surface area contributed by atoms with Crippen LogP contribution >= 0.6 is 11.3 Å². The van der Waals surface area contributed by atoms with E-state index in [2.05, 4.69) is 15.1 Å². The number of hydrogen-bond donors (Lipinski definition) is 1. The number of thiazole rings is 1. The monoisotopic (exact) mass is 357 g/mol. The van der Waals surface area contributed by atoms with Gasteiger partial charge in [0.25, 0.3) is 5.56 Å². The van der Waals surface area contributed by atoms with E-state index >= 15 is 0 Å². The van der Waals surface area contributed by atoms with Crippen LogP contribution in [0, 0.1) is 6.92 Å². The number of H-pyrrole nitrogens is 1. The molecule has 4 heterocycles. The quantitative estimate of drug-likeness (QED) is 0.774. The van der Waals surface area contributed by atoms with E-state index in [4.69, 9.17) is 0 Å². The highest BCUT2D eigenvalue weighted by molar-refractivity contribution is 7.09. The minimum atomic E-state index is -0.0950. The van der Waals surface area contributed by atoms with E-state index in [9.17, 15) is 9.59 Å². The molecule has 0 spiro atoms. The Bertz CT molecular complexity index is 965. The summed E-state index contributed by atoms with van der Waals surface area (Å²) in [5.74, 6) is 0.344. The molecule has 1 fully saturated rings. The number of rotatable bonds is 3. The number of nitrogens with one attached hydrogen (secondary N) is 1. The first kappa shape index (κ1) is 16.0. The first-order chi connectivity index (χ1) is 12.1. The maximum absolute atomic E-state index is 12.4. The molecular weight excluding hydrogens is 338 g/mol. The van der Waals surface area contributed by atoms with Crippen LogP contribution in [0.15, 0.2) is 28.5 Å². The van der Waals surface area contributed by atoms with Crippen molar-refractivity contribution >= 4 is 22.9 Å². The number of fused-ring (bicyclic) bond motifs is 1. The van der Waals surface area contributed by atoms with Gasteiger partial charge in [0.05, 0.1) is 22.8 Å². The van der Waals surface area contributed by atoms with E-state index in [0.717, 1.165) is 29.2 Å². The number of nitrogens with zero attached hydrogens (tertiary/aromatic N) is 4. The Labute approximate surface area is 148 Å². The van der Waals surface area contributed by atoms with Gasteiger partial charge in [0, 0.05) is 42.7 Å². The van der Waals surface area contributed by atoms with Crippen LogP contribution in [-0.2, 0) is 11.2 Å². The smallest absolute Gasteiger partial charge is 0.272 e. The van der Waals surface area contributed by atoms with Gasteiger partial charge in [-0.15, -0.1) is 11.3 Å². The molecule has 8 heteroatoms. The first-order valence-corrected chi connectivity index (χ1v) is 9.24. The summed E-state index contributed by atoms with van der Waals surface area (Å²) in [5, 5.41) is 5.78. The standard InChI is InChI=1S/C17H19N5O2S/c1-11-19-13(10-25-11)8-16(23)21-6-3-12(4-7-21)14-9-17(24)22-15(20-14)2-5-18-22/h2,5,9-10,12,18H,3-4,6-8H2,1H3. The third-order valence-corrected chi connectivity index (χ3v) is 5.49. The fourth-order valence-electron chi connectivity index (χ4n) is 3.34. The number of carbonyl (C=O) groups is 1. The molecule has 0 aromatic carbocycles. The topological polar surface area (TPSA) is 83.4 Å². The largest absolute Gasteiger partial charge is 0.342 e. The molecule has 0 unspecified atom stereocenters. The SMILES string of the molecule is Cc1nc(CC(=O)N2CCC(c3cc(=O)n4[nH]ccc4n3)CC2)cs1. The molecule has 7 nitrogen and oxygen atoms in total. The number of aromatic nitrogens is 4. The van der Waals surface area contributed by atoms with E-state index in [1.165, 1.54) is 4.52 Å². The van der Waals surface area contributed by atoms with E-state index in [1.807, 2.05) is 17.2 Å². The summed E-state index contributed by atoms with van der Waals surface area (Å²) in [7, 11) is 0. The average Bonchev–Trinajstić information content (AvgIpc) is 3.24. The number of piperidine rings is 1. The van der Waals surface area contributed by atoms with Crippen molar-refractivity contribution < 1.29 is 4.79 Å². The van der Waals surface area contributed by atoms with Crippen LogP contribution in [0.2, 0.25) is 0 Å². The molecule has 3 aromatic heterocycles. The second kappa shape index (κ2) is 6.44. The maximum atomic E-state index is 12.4. The van der Waals surface area contributed by atoms with Crippen LogP contribution < -0.4 is 5.56 Å². The van der Waals surface area contributed by atoms with Crippen molar-refractivity contribution in [3.05, 3.63) is 50.5 Å². The van der Waals surface area contributed by atoms with Crippen LogP contribution in [-0.4, -0.2) is 43.5 Å². The summed E-state index contributed by atoms with van der Waals surface area (Å²) < 4.78 is 1.43. The molecule has 1 saturated heterocycles. The second-order valence-electron chi connectivity index (χ2n) is 6.36. The number of aromatic amines is 1. The van der Waals surface area contributed by atoms with Gasteiger partial charge in [-0.05, 0) is 19.8 Å². The molecule has 1 N–H and O–H groups in total. The zero-order valence-corrected chi connectivity index (χ0v) is 14.8. The van der Waals surface area contributed by atoms with Gasteiger partial charge >= 0.3 is 0 Å². The lowest BCUT2D eigenvalue weighted by atomic mass is 9.93. The van der Waals surface area contributed by atoms with Crippen molar-refractivity contribution in [3.63, 3.8) is 0 Å². The van der Waals surface area contributed by atoms with Crippen LogP contribution in [0.25, 0.3) is 5.65 Å². The van der Waals surface area contributed by atoms with E-state index < -0.39 is 0 Å². The van der Waals surface area contributed by atoms with E-state index in [0.29, 0.717) is 25.2 Å². The van der Waals surface area contributed by atoms with Crippen molar-refractivity contribution in [2.75, 3.05) is 13.1 Å². The molecule has 1 aliphatic heterocycles. The fourth-order valence-corrected chi connectivity index (χ4v) is 3.95. The van der Waals surface area contributed by atoms with Gasteiger partial charge in [0.1, 0.15) is 0 Å². The summed E-state index contributed by atoms with van der Waals surface area (Å²) in [4.78, 5) is 35.4. The highest BCUT2D eigenvalue weighted by Crippen LogP contribution is 2.26. The van der Waals surface area contributed by atoms with Crippen molar-refractivity contribution in [2.45, 2.75) is 32.1 Å². The molecule has 0 saturated carbocycles. The molecular formula is C17H19N5O2S. The van der Waals surface area contributed by atoms with Gasteiger partial charge in [-0.2, -0.15) is 0 Å². The Kier molecular flexibility index (Phi) is 4.12. The molecule has 0 radical (unpaired) electrons. The fraction of sp³-hybridized carbons (Fsp3) is 0.412. The molecule has 130 valence electrons. The number of likely N-dealkylation sites (tertiary alicyclic amines) is 1. The lowest BCUT2D eigenvalue weighted by Crippen LogP contribution is -2.39.